The van der Waals surface area contributed by atoms with Gasteiger partial charge in [-0.3, -0.25) is 4.79 Å². The van der Waals surface area contributed by atoms with Crippen molar-refractivity contribution in [3.63, 3.8) is 0 Å². The van der Waals surface area contributed by atoms with Gasteiger partial charge in [0.05, 0.1) is 0 Å². The Hall–Kier alpha value is -2.07. The van der Waals surface area contributed by atoms with Crippen molar-refractivity contribution in [1.29, 1.82) is 0 Å². The Morgan fingerprint density at radius 3 is 2.56 bits per heavy atom. The van der Waals surface area contributed by atoms with Crippen LogP contribution in [0.3, 0.4) is 0 Å². The van der Waals surface area contributed by atoms with Crippen LogP contribution in [0.25, 0.3) is 0 Å². The van der Waals surface area contributed by atoms with Crippen molar-refractivity contribution < 1.29 is 4.79 Å². The first-order chi connectivity index (χ1) is 8.79. The molecule has 0 fully saturated rings. The van der Waals surface area contributed by atoms with E-state index in [-0.39, 0.29) is 5.91 Å². The van der Waals surface area contributed by atoms with Gasteiger partial charge in [0.1, 0.15) is 0 Å². The molecule has 0 spiro atoms. The zero-order chi connectivity index (χ0) is 12.8. The second-order valence-electron chi connectivity index (χ2n) is 4.07. The number of hydrogen-bond donors (Lipinski definition) is 3. The fourth-order valence-corrected chi connectivity index (χ4v) is 1.74. The minimum atomic E-state index is -0.0547. The van der Waals surface area contributed by atoms with Crippen LogP contribution in [0.1, 0.15) is 21.6 Å². The molecule has 0 aliphatic heterocycles. The van der Waals surface area contributed by atoms with Gasteiger partial charge in [-0.25, -0.2) is 0 Å². The number of H-pyrrole nitrogens is 1. The lowest BCUT2D eigenvalue weighted by Crippen LogP contribution is -2.18. The number of carbonyl (C=O) groups is 1. The van der Waals surface area contributed by atoms with Gasteiger partial charge in [0.15, 0.2) is 0 Å². The van der Waals surface area contributed by atoms with E-state index in [1.807, 2.05) is 42.6 Å². The van der Waals surface area contributed by atoms with Crippen LogP contribution >= 0.6 is 0 Å². The highest BCUT2D eigenvalue weighted by atomic mass is 16.1. The van der Waals surface area contributed by atoms with E-state index >= 15 is 0 Å². The van der Waals surface area contributed by atoms with Gasteiger partial charge in [0.2, 0.25) is 0 Å². The molecule has 4 heteroatoms. The first-order valence-corrected chi connectivity index (χ1v) is 5.93. The van der Waals surface area contributed by atoms with Crippen molar-refractivity contribution in [2.24, 2.45) is 0 Å². The van der Waals surface area contributed by atoms with Gasteiger partial charge >= 0.3 is 0 Å². The van der Waals surface area contributed by atoms with Gasteiger partial charge in [0, 0.05) is 37.6 Å². The lowest BCUT2D eigenvalue weighted by molar-refractivity contribution is 0.0963. The SMILES string of the molecule is CNC(=O)c1ccc(CNCc2ccc[nH]2)cc1. The number of carbonyl (C=O) groups excluding carboxylic acids is 1. The maximum Gasteiger partial charge on any atom is 0.251 e. The Morgan fingerprint density at radius 2 is 1.94 bits per heavy atom. The second-order valence-corrected chi connectivity index (χ2v) is 4.07. The minimum absolute atomic E-state index is 0.0547. The summed E-state index contributed by atoms with van der Waals surface area (Å²) in [6.07, 6.45) is 1.91. The van der Waals surface area contributed by atoms with Gasteiger partial charge in [0.25, 0.3) is 5.91 Å². The third-order valence-corrected chi connectivity index (χ3v) is 2.75. The van der Waals surface area contributed by atoms with E-state index in [0.29, 0.717) is 5.56 Å². The van der Waals surface area contributed by atoms with Crippen LogP contribution < -0.4 is 10.6 Å². The van der Waals surface area contributed by atoms with Crippen LogP contribution in [0.15, 0.2) is 42.6 Å². The smallest absolute Gasteiger partial charge is 0.251 e. The molecule has 0 aliphatic carbocycles. The molecule has 1 aromatic carbocycles. The summed E-state index contributed by atoms with van der Waals surface area (Å²) in [6, 6.07) is 11.6. The van der Waals surface area contributed by atoms with Crippen LogP contribution in [0.4, 0.5) is 0 Å². The third-order valence-electron chi connectivity index (χ3n) is 2.75. The van der Waals surface area contributed by atoms with Crippen molar-refractivity contribution in [3.05, 3.63) is 59.4 Å². The fraction of sp³-hybridized carbons (Fsp3) is 0.214. The number of benzene rings is 1. The van der Waals surface area contributed by atoms with Gasteiger partial charge in [-0.05, 0) is 29.8 Å². The molecule has 0 radical (unpaired) electrons. The molecule has 2 rings (SSSR count). The van der Waals surface area contributed by atoms with Crippen molar-refractivity contribution in [2.45, 2.75) is 13.1 Å². The first-order valence-electron chi connectivity index (χ1n) is 5.93. The van der Waals surface area contributed by atoms with Crippen LogP contribution in [0.2, 0.25) is 0 Å². The van der Waals surface area contributed by atoms with E-state index < -0.39 is 0 Å². The normalized spacial score (nSPS) is 10.3. The molecule has 1 amide bonds. The molecule has 0 bridgehead atoms. The van der Waals surface area contributed by atoms with E-state index in [1.165, 1.54) is 0 Å². The number of aromatic nitrogens is 1. The van der Waals surface area contributed by atoms with Gasteiger partial charge in [-0.1, -0.05) is 12.1 Å². The molecular weight excluding hydrogens is 226 g/mol. The summed E-state index contributed by atoms with van der Waals surface area (Å²) in [5.41, 5.74) is 3.01. The van der Waals surface area contributed by atoms with E-state index in [4.69, 9.17) is 0 Å². The molecule has 1 aromatic heterocycles. The summed E-state index contributed by atoms with van der Waals surface area (Å²) in [5.74, 6) is -0.0547. The Labute approximate surface area is 106 Å². The fourth-order valence-electron chi connectivity index (χ4n) is 1.74. The van der Waals surface area contributed by atoms with Crippen molar-refractivity contribution in [3.8, 4) is 0 Å². The zero-order valence-corrected chi connectivity index (χ0v) is 10.4. The molecule has 4 nitrogen and oxygen atoms in total. The second kappa shape index (κ2) is 6.02. The molecule has 2 aromatic rings. The van der Waals surface area contributed by atoms with Crippen molar-refractivity contribution in [1.82, 2.24) is 15.6 Å². The Morgan fingerprint density at radius 1 is 1.17 bits per heavy atom. The maximum absolute atomic E-state index is 11.4. The topological polar surface area (TPSA) is 56.9 Å². The number of rotatable bonds is 5. The molecule has 0 saturated carbocycles. The lowest BCUT2D eigenvalue weighted by atomic mass is 10.1. The quantitative estimate of drug-likeness (QED) is 0.748. The highest BCUT2D eigenvalue weighted by molar-refractivity contribution is 5.93. The van der Waals surface area contributed by atoms with Crippen LogP contribution in [-0.2, 0) is 13.1 Å². The standard InChI is InChI=1S/C14H17N3O/c1-15-14(18)12-6-4-11(5-7-12)9-16-10-13-3-2-8-17-13/h2-8,16-17H,9-10H2,1H3,(H,15,18). The number of nitrogens with one attached hydrogen (secondary N) is 3. The average Bonchev–Trinajstić information content (AvgIpc) is 2.92. The summed E-state index contributed by atoms with van der Waals surface area (Å²) in [6.45, 7) is 1.59. The molecule has 0 saturated heterocycles. The molecule has 0 aliphatic rings. The Kier molecular flexibility index (Phi) is 4.15. The monoisotopic (exact) mass is 243 g/mol. The van der Waals surface area contributed by atoms with E-state index in [1.54, 1.807) is 7.05 Å². The molecule has 1 heterocycles. The van der Waals surface area contributed by atoms with Crippen LogP contribution in [-0.4, -0.2) is 17.9 Å². The summed E-state index contributed by atoms with van der Waals surface area (Å²) < 4.78 is 0. The van der Waals surface area contributed by atoms with Crippen LogP contribution in [0.5, 0.6) is 0 Å². The number of hydrogen-bond acceptors (Lipinski definition) is 2. The molecular formula is C14H17N3O. The molecule has 0 atom stereocenters. The Balaban J connectivity index is 1.85. The maximum atomic E-state index is 11.4. The van der Waals surface area contributed by atoms with E-state index in [0.717, 1.165) is 24.3 Å². The zero-order valence-electron chi connectivity index (χ0n) is 10.4. The minimum Gasteiger partial charge on any atom is -0.364 e. The lowest BCUT2D eigenvalue weighted by Gasteiger charge is -2.05. The summed E-state index contributed by atoms with van der Waals surface area (Å²) in [5, 5.41) is 5.94. The first kappa shape index (κ1) is 12.4. The Bertz CT molecular complexity index is 488. The molecule has 18 heavy (non-hydrogen) atoms. The van der Waals surface area contributed by atoms with Crippen molar-refractivity contribution >= 4 is 5.91 Å². The third kappa shape index (κ3) is 3.21. The highest BCUT2D eigenvalue weighted by Gasteiger charge is 2.01. The predicted octanol–water partition coefficient (Wildman–Crippen LogP) is 1.66. The van der Waals surface area contributed by atoms with E-state index in [9.17, 15) is 4.79 Å². The molecule has 3 N–H and O–H groups in total. The number of amides is 1. The van der Waals surface area contributed by atoms with Gasteiger partial charge < -0.3 is 15.6 Å². The summed E-state index contributed by atoms with van der Waals surface area (Å²) in [4.78, 5) is 14.5. The molecule has 0 unspecified atom stereocenters. The predicted molar refractivity (Wildman–Crippen MR) is 71.2 cm³/mol. The van der Waals surface area contributed by atoms with Gasteiger partial charge in [-0.15, -0.1) is 0 Å². The average molecular weight is 243 g/mol. The highest BCUT2D eigenvalue weighted by Crippen LogP contribution is 2.04. The van der Waals surface area contributed by atoms with E-state index in [2.05, 4.69) is 15.6 Å². The summed E-state index contributed by atoms with van der Waals surface area (Å²) >= 11 is 0. The largest absolute Gasteiger partial charge is 0.364 e. The summed E-state index contributed by atoms with van der Waals surface area (Å²) in [7, 11) is 1.63. The van der Waals surface area contributed by atoms with Crippen molar-refractivity contribution in [2.75, 3.05) is 7.05 Å². The number of aromatic amines is 1. The van der Waals surface area contributed by atoms with Gasteiger partial charge in [-0.2, -0.15) is 0 Å². The molecule has 94 valence electrons. The van der Waals surface area contributed by atoms with Crippen LogP contribution in [0, 0.1) is 0 Å².